The molecule has 0 saturated heterocycles. The van der Waals surface area contributed by atoms with Gasteiger partial charge in [-0.05, 0) is 36.8 Å². The normalized spacial score (nSPS) is 10.8. The first-order valence-electron chi connectivity index (χ1n) is 6.67. The lowest BCUT2D eigenvalue weighted by atomic mass is 10.1. The largest absolute Gasteiger partial charge is 0.380 e. The Morgan fingerprint density at radius 3 is 2.76 bits per heavy atom. The summed E-state index contributed by atoms with van der Waals surface area (Å²) in [6.07, 6.45) is 1.75. The molecule has 0 bridgehead atoms. The molecule has 0 spiro atoms. The molecule has 21 heavy (non-hydrogen) atoms. The van der Waals surface area contributed by atoms with E-state index in [1.54, 1.807) is 6.20 Å². The minimum atomic E-state index is -0.568. The van der Waals surface area contributed by atoms with E-state index >= 15 is 0 Å². The second-order valence-corrected chi connectivity index (χ2v) is 4.92. The van der Waals surface area contributed by atoms with Gasteiger partial charge in [-0.3, -0.25) is 4.98 Å². The zero-order chi connectivity index (χ0) is 14.8. The first kappa shape index (κ1) is 13.5. The number of rotatable bonds is 3. The van der Waals surface area contributed by atoms with Crippen LogP contribution in [0.5, 0.6) is 0 Å². The number of fused-ring (bicyclic) bond motifs is 1. The number of pyridine rings is 1. The molecule has 4 heteroatoms. The first-order valence-corrected chi connectivity index (χ1v) is 6.67. The van der Waals surface area contributed by atoms with Crippen molar-refractivity contribution in [2.75, 3.05) is 5.32 Å². The van der Waals surface area contributed by atoms with Crippen molar-refractivity contribution in [3.8, 4) is 0 Å². The van der Waals surface area contributed by atoms with Crippen molar-refractivity contribution in [3.05, 3.63) is 71.4 Å². The fourth-order valence-corrected chi connectivity index (χ4v) is 2.32. The van der Waals surface area contributed by atoms with Gasteiger partial charge in [0.2, 0.25) is 0 Å². The Morgan fingerprint density at radius 1 is 1.10 bits per heavy atom. The molecule has 2 aromatic carbocycles. The number of aromatic nitrogens is 1. The van der Waals surface area contributed by atoms with Crippen LogP contribution in [0.2, 0.25) is 0 Å². The van der Waals surface area contributed by atoms with Crippen LogP contribution in [0.25, 0.3) is 10.9 Å². The molecular weight excluding hydrogens is 270 g/mol. The molecule has 0 atom stereocenters. The summed E-state index contributed by atoms with van der Waals surface area (Å²) >= 11 is 0. The van der Waals surface area contributed by atoms with E-state index in [2.05, 4.69) is 10.3 Å². The predicted octanol–water partition coefficient (Wildman–Crippen LogP) is 4.43. The van der Waals surface area contributed by atoms with Crippen molar-refractivity contribution in [1.82, 2.24) is 4.98 Å². The molecular formula is C17H14F2N2. The Kier molecular flexibility index (Phi) is 3.52. The summed E-state index contributed by atoms with van der Waals surface area (Å²) in [5.74, 6) is -1.11. The smallest absolute Gasteiger partial charge is 0.131 e. The maximum atomic E-state index is 13.6. The van der Waals surface area contributed by atoms with Crippen molar-refractivity contribution in [2.24, 2.45) is 0 Å². The monoisotopic (exact) mass is 284 g/mol. The summed E-state index contributed by atoms with van der Waals surface area (Å²) in [6.45, 7) is 2.29. The van der Waals surface area contributed by atoms with Gasteiger partial charge in [0, 0.05) is 35.4 Å². The lowest BCUT2D eigenvalue weighted by Crippen LogP contribution is -2.03. The van der Waals surface area contributed by atoms with Gasteiger partial charge in [0.15, 0.2) is 0 Å². The van der Waals surface area contributed by atoms with Crippen LogP contribution in [0.1, 0.15) is 11.1 Å². The minimum absolute atomic E-state index is 0.291. The number of benzene rings is 2. The van der Waals surface area contributed by atoms with Crippen LogP contribution < -0.4 is 5.32 Å². The van der Waals surface area contributed by atoms with Crippen molar-refractivity contribution in [1.29, 1.82) is 0 Å². The second-order valence-electron chi connectivity index (χ2n) is 4.92. The number of nitrogens with zero attached hydrogens (tertiary/aromatic N) is 1. The molecule has 0 aliphatic rings. The summed E-state index contributed by atoms with van der Waals surface area (Å²) in [4.78, 5) is 4.36. The first-order chi connectivity index (χ1) is 10.1. The quantitative estimate of drug-likeness (QED) is 0.769. The average Bonchev–Trinajstić information content (AvgIpc) is 2.48. The Morgan fingerprint density at radius 2 is 1.95 bits per heavy atom. The highest BCUT2D eigenvalue weighted by molar-refractivity contribution is 5.93. The summed E-state index contributed by atoms with van der Waals surface area (Å²) in [6, 6.07) is 11.4. The summed E-state index contributed by atoms with van der Waals surface area (Å²) in [7, 11) is 0. The highest BCUT2D eigenvalue weighted by Crippen LogP contribution is 2.25. The lowest BCUT2D eigenvalue weighted by molar-refractivity contribution is 0.574. The number of halogens is 2. The number of anilines is 1. The maximum absolute atomic E-state index is 13.6. The van der Waals surface area contributed by atoms with Crippen LogP contribution in [-0.2, 0) is 6.54 Å². The Labute approximate surface area is 121 Å². The van der Waals surface area contributed by atoms with Gasteiger partial charge in [-0.15, -0.1) is 0 Å². The van der Waals surface area contributed by atoms with Crippen molar-refractivity contribution < 1.29 is 8.78 Å². The van der Waals surface area contributed by atoms with Crippen LogP contribution >= 0.6 is 0 Å². The summed E-state index contributed by atoms with van der Waals surface area (Å²) < 4.78 is 26.5. The van der Waals surface area contributed by atoms with Crippen molar-refractivity contribution in [3.63, 3.8) is 0 Å². The fraction of sp³-hybridized carbons (Fsp3) is 0.118. The molecule has 106 valence electrons. The molecule has 2 nitrogen and oxygen atoms in total. The van der Waals surface area contributed by atoms with Crippen LogP contribution in [-0.4, -0.2) is 4.98 Å². The third-order valence-corrected chi connectivity index (χ3v) is 3.46. The summed E-state index contributed by atoms with van der Waals surface area (Å²) in [5, 5.41) is 4.18. The maximum Gasteiger partial charge on any atom is 0.131 e. The van der Waals surface area contributed by atoms with Gasteiger partial charge in [0.05, 0.1) is 5.52 Å². The van der Waals surface area contributed by atoms with E-state index in [-0.39, 0.29) is 0 Å². The fourth-order valence-electron chi connectivity index (χ4n) is 2.32. The lowest BCUT2D eigenvalue weighted by Gasteiger charge is -2.11. The van der Waals surface area contributed by atoms with Gasteiger partial charge in [0.25, 0.3) is 0 Å². The Balaban J connectivity index is 1.90. The Bertz CT molecular complexity index is 800. The van der Waals surface area contributed by atoms with Gasteiger partial charge in [0.1, 0.15) is 11.6 Å². The van der Waals surface area contributed by atoms with Gasteiger partial charge >= 0.3 is 0 Å². The average molecular weight is 284 g/mol. The van der Waals surface area contributed by atoms with E-state index in [0.29, 0.717) is 12.1 Å². The number of hydrogen-bond acceptors (Lipinski definition) is 2. The number of nitrogens with one attached hydrogen (secondary N) is 1. The predicted molar refractivity (Wildman–Crippen MR) is 80.2 cm³/mol. The highest BCUT2D eigenvalue weighted by Gasteiger charge is 2.06. The van der Waals surface area contributed by atoms with E-state index in [0.717, 1.165) is 28.2 Å². The Hall–Kier alpha value is -2.49. The van der Waals surface area contributed by atoms with Gasteiger partial charge in [-0.1, -0.05) is 12.1 Å². The molecule has 1 N–H and O–H groups in total. The standard InChI is InChI=1S/C17H14F2N2/c1-11-4-7-16(14-3-2-8-20-17(11)14)21-10-12-5-6-13(18)9-15(12)19/h2-9,21H,10H2,1H3. The van der Waals surface area contributed by atoms with E-state index < -0.39 is 11.6 Å². The molecule has 0 amide bonds. The number of aryl methyl sites for hydroxylation is 1. The topological polar surface area (TPSA) is 24.9 Å². The van der Waals surface area contributed by atoms with Crippen LogP contribution in [0.4, 0.5) is 14.5 Å². The second kappa shape index (κ2) is 5.48. The zero-order valence-electron chi connectivity index (χ0n) is 11.5. The molecule has 0 saturated carbocycles. The SMILES string of the molecule is Cc1ccc(NCc2ccc(F)cc2F)c2cccnc12. The molecule has 3 rings (SSSR count). The molecule has 3 aromatic rings. The summed E-state index contributed by atoms with van der Waals surface area (Å²) in [5.41, 5.74) is 3.31. The molecule has 0 aliphatic heterocycles. The van der Waals surface area contributed by atoms with E-state index in [9.17, 15) is 8.78 Å². The highest BCUT2D eigenvalue weighted by atomic mass is 19.1. The van der Waals surface area contributed by atoms with E-state index in [1.807, 2.05) is 31.2 Å². The van der Waals surface area contributed by atoms with Crippen LogP contribution in [0.3, 0.4) is 0 Å². The third kappa shape index (κ3) is 2.70. The minimum Gasteiger partial charge on any atom is -0.380 e. The molecule has 0 radical (unpaired) electrons. The van der Waals surface area contributed by atoms with Crippen molar-refractivity contribution >= 4 is 16.6 Å². The van der Waals surface area contributed by atoms with Crippen LogP contribution in [0, 0.1) is 18.6 Å². The zero-order valence-corrected chi connectivity index (χ0v) is 11.5. The van der Waals surface area contributed by atoms with E-state index in [4.69, 9.17) is 0 Å². The molecule has 1 aromatic heterocycles. The molecule has 0 unspecified atom stereocenters. The van der Waals surface area contributed by atoms with Crippen LogP contribution in [0.15, 0.2) is 48.7 Å². The molecule has 1 heterocycles. The molecule has 0 fully saturated rings. The van der Waals surface area contributed by atoms with Gasteiger partial charge in [-0.2, -0.15) is 0 Å². The van der Waals surface area contributed by atoms with E-state index in [1.165, 1.54) is 12.1 Å². The van der Waals surface area contributed by atoms with Gasteiger partial charge in [-0.25, -0.2) is 8.78 Å². The van der Waals surface area contributed by atoms with Crippen molar-refractivity contribution in [2.45, 2.75) is 13.5 Å². The molecule has 0 aliphatic carbocycles. The number of hydrogen-bond donors (Lipinski definition) is 1. The third-order valence-electron chi connectivity index (χ3n) is 3.46. The van der Waals surface area contributed by atoms with Gasteiger partial charge < -0.3 is 5.32 Å².